The summed E-state index contributed by atoms with van der Waals surface area (Å²) in [4.78, 5) is 15.2. The number of carbonyl (C=O) groups is 1. The number of nitrogens with zero attached hydrogens (tertiary/aromatic N) is 1. The predicted molar refractivity (Wildman–Crippen MR) is 76.7 cm³/mol. The van der Waals surface area contributed by atoms with Gasteiger partial charge in [-0.25, -0.2) is 4.79 Å². The molecule has 2 fully saturated rings. The van der Waals surface area contributed by atoms with Gasteiger partial charge in [-0.15, -0.1) is 11.3 Å². The molecule has 1 aliphatic carbocycles. The highest BCUT2D eigenvalue weighted by molar-refractivity contribution is 7.13. The van der Waals surface area contributed by atoms with E-state index in [1.165, 1.54) is 61.3 Å². The Morgan fingerprint density at radius 3 is 2.74 bits per heavy atom. The number of thiophene rings is 1. The highest BCUT2D eigenvalue weighted by atomic mass is 32.1. The second-order valence-electron chi connectivity index (χ2n) is 5.80. The van der Waals surface area contributed by atoms with E-state index in [0.717, 1.165) is 18.5 Å². The molecule has 0 aromatic carbocycles. The Bertz CT molecular complexity index is 451. The van der Waals surface area contributed by atoms with E-state index in [1.54, 1.807) is 6.07 Å². The molecular weight excluding hydrogens is 258 g/mol. The first kappa shape index (κ1) is 13.1. The van der Waals surface area contributed by atoms with Gasteiger partial charge in [0.25, 0.3) is 0 Å². The van der Waals surface area contributed by atoms with Gasteiger partial charge in [-0.2, -0.15) is 0 Å². The first-order chi connectivity index (χ1) is 9.24. The number of aromatic carboxylic acids is 1. The third-order valence-corrected chi connectivity index (χ3v) is 5.65. The second-order valence-corrected chi connectivity index (χ2v) is 6.96. The maximum absolute atomic E-state index is 10.9. The molecule has 3 rings (SSSR count). The Balaban J connectivity index is 1.65. The average molecular weight is 279 g/mol. The van der Waals surface area contributed by atoms with Crippen molar-refractivity contribution in [2.45, 2.75) is 51.1 Å². The monoisotopic (exact) mass is 279 g/mol. The molecule has 1 saturated heterocycles. The first-order valence-electron chi connectivity index (χ1n) is 7.30. The van der Waals surface area contributed by atoms with Crippen LogP contribution in [0.4, 0.5) is 0 Å². The third-order valence-electron chi connectivity index (χ3n) is 4.59. The minimum absolute atomic E-state index is 0.464. The van der Waals surface area contributed by atoms with Crippen LogP contribution in [0.25, 0.3) is 0 Å². The fourth-order valence-corrected chi connectivity index (χ4v) is 4.57. The molecule has 1 unspecified atom stereocenters. The summed E-state index contributed by atoms with van der Waals surface area (Å²) < 4.78 is 0. The van der Waals surface area contributed by atoms with Gasteiger partial charge in [0.15, 0.2) is 0 Å². The van der Waals surface area contributed by atoms with Crippen LogP contribution in [0.3, 0.4) is 0 Å². The lowest BCUT2D eigenvalue weighted by Gasteiger charge is -2.28. The summed E-state index contributed by atoms with van der Waals surface area (Å²) in [7, 11) is 0. The molecule has 1 N–H and O–H groups in total. The summed E-state index contributed by atoms with van der Waals surface area (Å²) >= 11 is 1.43. The molecule has 19 heavy (non-hydrogen) atoms. The standard InChI is InChI=1S/C15H21NO2S/c17-15(18)14-8-7-12(19-14)10-16-9-3-6-13(16)11-4-1-2-5-11/h7-8,11,13H,1-6,9-10H2,(H,17,18). The summed E-state index contributed by atoms with van der Waals surface area (Å²) in [5.41, 5.74) is 0. The summed E-state index contributed by atoms with van der Waals surface area (Å²) in [6.45, 7) is 2.13. The summed E-state index contributed by atoms with van der Waals surface area (Å²) in [5.74, 6) is 0.0893. The van der Waals surface area contributed by atoms with Gasteiger partial charge in [0.1, 0.15) is 4.88 Å². The molecule has 1 saturated carbocycles. The zero-order chi connectivity index (χ0) is 13.2. The van der Waals surface area contributed by atoms with Gasteiger partial charge in [-0.05, 0) is 50.3 Å². The number of hydrogen-bond acceptors (Lipinski definition) is 3. The number of hydrogen-bond donors (Lipinski definition) is 1. The minimum Gasteiger partial charge on any atom is -0.477 e. The molecule has 1 aliphatic heterocycles. The van der Waals surface area contributed by atoms with Crippen molar-refractivity contribution in [3.63, 3.8) is 0 Å². The molecule has 3 nitrogen and oxygen atoms in total. The van der Waals surface area contributed by atoms with Gasteiger partial charge in [-0.3, -0.25) is 4.90 Å². The molecule has 104 valence electrons. The van der Waals surface area contributed by atoms with Crippen LogP contribution in [-0.2, 0) is 6.54 Å². The SMILES string of the molecule is O=C(O)c1ccc(CN2CCCC2C2CCCC2)s1. The number of likely N-dealkylation sites (tertiary alicyclic amines) is 1. The fourth-order valence-electron chi connectivity index (χ4n) is 3.70. The van der Waals surface area contributed by atoms with E-state index in [4.69, 9.17) is 5.11 Å². The molecule has 0 spiro atoms. The van der Waals surface area contributed by atoms with Crippen LogP contribution in [0.2, 0.25) is 0 Å². The van der Waals surface area contributed by atoms with Crippen LogP contribution in [0.5, 0.6) is 0 Å². The van der Waals surface area contributed by atoms with E-state index in [0.29, 0.717) is 4.88 Å². The van der Waals surface area contributed by atoms with Gasteiger partial charge in [-0.1, -0.05) is 12.8 Å². The van der Waals surface area contributed by atoms with Crippen molar-refractivity contribution in [1.29, 1.82) is 0 Å². The minimum atomic E-state index is -0.801. The third kappa shape index (κ3) is 2.84. The maximum Gasteiger partial charge on any atom is 0.345 e. The number of carboxylic acids is 1. The second kappa shape index (κ2) is 5.63. The molecule has 1 aromatic heterocycles. The lowest BCUT2D eigenvalue weighted by atomic mass is 9.96. The van der Waals surface area contributed by atoms with Crippen LogP contribution in [0, 0.1) is 5.92 Å². The van der Waals surface area contributed by atoms with Crippen LogP contribution in [-0.4, -0.2) is 28.6 Å². The van der Waals surface area contributed by atoms with Gasteiger partial charge < -0.3 is 5.11 Å². The number of carboxylic acid groups (broad SMARTS) is 1. The van der Waals surface area contributed by atoms with E-state index in [9.17, 15) is 4.79 Å². The van der Waals surface area contributed by atoms with Crippen molar-refractivity contribution in [2.75, 3.05) is 6.54 Å². The summed E-state index contributed by atoms with van der Waals surface area (Å²) in [6, 6.07) is 4.47. The Morgan fingerprint density at radius 1 is 1.26 bits per heavy atom. The Morgan fingerprint density at radius 2 is 2.05 bits per heavy atom. The lowest BCUT2D eigenvalue weighted by Crippen LogP contribution is -2.33. The van der Waals surface area contributed by atoms with Crippen molar-refractivity contribution in [1.82, 2.24) is 4.90 Å². The molecule has 2 heterocycles. The van der Waals surface area contributed by atoms with Crippen molar-refractivity contribution in [2.24, 2.45) is 5.92 Å². The smallest absolute Gasteiger partial charge is 0.345 e. The maximum atomic E-state index is 10.9. The zero-order valence-electron chi connectivity index (χ0n) is 11.2. The van der Waals surface area contributed by atoms with E-state index >= 15 is 0 Å². The van der Waals surface area contributed by atoms with Gasteiger partial charge >= 0.3 is 5.97 Å². The quantitative estimate of drug-likeness (QED) is 0.915. The Hall–Kier alpha value is -0.870. The molecule has 0 bridgehead atoms. The Kier molecular flexibility index (Phi) is 3.89. The largest absolute Gasteiger partial charge is 0.477 e. The highest BCUT2D eigenvalue weighted by Crippen LogP contribution is 2.36. The number of rotatable bonds is 4. The van der Waals surface area contributed by atoms with Crippen molar-refractivity contribution in [3.8, 4) is 0 Å². The van der Waals surface area contributed by atoms with Gasteiger partial charge in [0.2, 0.25) is 0 Å². The van der Waals surface area contributed by atoms with E-state index in [2.05, 4.69) is 4.90 Å². The van der Waals surface area contributed by atoms with Crippen molar-refractivity contribution >= 4 is 17.3 Å². The molecule has 1 aromatic rings. The average Bonchev–Trinajstić information content (AvgIpc) is 3.09. The lowest BCUT2D eigenvalue weighted by molar-refractivity contribution is 0.0702. The van der Waals surface area contributed by atoms with E-state index in [-0.39, 0.29) is 0 Å². The Labute approximate surface area is 118 Å². The summed E-state index contributed by atoms with van der Waals surface area (Å²) in [5, 5.41) is 8.98. The molecule has 2 aliphatic rings. The molecule has 0 radical (unpaired) electrons. The van der Waals surface area contributed by atoms with Gasteiger partial charge in [0, 0.05) is 17.5 Å². The van der Waals surface area contributed by atoms with Crippen LogP contribution in [0.1, 0.15) is 53.1 Å². The molecular formula is C15H21NO2S. The van der Waals surface area contributed by atoms with E-state index < -0.39 is 5.97 Å². The predicted octanol–water partition coefficient (Wildman–Crippen LogP) is 3.60. The molecule has 4 heteroatoms. The van der Waals surface area contributed by atoms with E-state index in [1.807, 2.05) is 6.07 Å². The summed E-state index contributed by atoms with van der Waals surface area (Å²) in [6.07, 6.45) is 8.23. The van der Waals surface area contributed by atoms with Crippen molar-refractivity contribution in [3.05, 3.63) is 21.9 Å². The van der Waals surface area contributed by atoms with Crippen LogP contribution in [0.15, 0.2) is 12.1 Å². The normalized spacial score (nSPS) is 25.2. The first-order valence-corrected chi connectivity index (χ1v) is 8.12. The van der Waals surface area contributed by atoms with Crippen molar-refractivity contribution < 1.29 is 9.90 Å². The van der Waals surface area contributed by atoms with Gasteiger partial charge in [0.05, 0.1) is 0 Å². The molecule has 1 atom stereocenters. The zero-order valence-corrected chi connectivity index (χ0v) is 12.0. The highest BCUT2D eigenvalue weighted by Gasteiger charge is 2.33. The van der Waals surface area contributed by atoms with Crippen LogP contribution >= 0.6 is 11.3 Å². The topological polar surface area (TPSA) is 40.5 Å². The van der Waals surface area contributed by atoms with Crippen LogP contribution < -0.4 is 0 Å². The fraction of sp³-hybridized carbons (Fsp3) is 0.667. The molecule has 0 amide bonds.